The van der Waals surface area contributed by atoms with Gasteiger partial charge in [-0.3, -0.25) is 0 Å². The van der Waals surface area contributed by atoms with Gasteiger partial charge in [0.2, 0.25) is 0 Å². The van der Waals surface area contributed by atoms with Crippen LogP contribution in [0, 0.1) is 13.8 Å². The molecule has 2 N–H and O–H groups in total. The van der Waals surface area contributed by atoms with Crippen molar-refractivity contribution in [3.63, 3.8) is 0 Å². The van der Waals surface area contributed by atoms with Crippen LogP contribution >= 0.6 is 0 Å². The van der Waals surface area contributed by atoms with Crippen molar-refractivity contribution in [2.45, 2.75) is 13.8 Å². The zero-order valence-electron chi connectivity index (χ0n) is 8.23. The van der Waals surface area contributed by atoms with Gasteiger partial charge in [-0.1, -0.05) is 18.2 Å². The highest BCUT2D eigenvalue weighted by Gasteiger charge is 2.05. The number of hydrogen-bond donors (Lipinski definition) is 1. The average molecular weight is 188 g/mol. The van der Waals surface area contributed by atoms with Gasteiger partial charge in [-0.25, -0.2) is 0 Å². The molecule has 0 aliphatic carbocycles. The predicted octanol–water partition coefficient (Wildman–Crippen LogP) is 1.47. The lowest BCUT2D eigenvalue weighted by Crippen LogP contribution is -2.01. The van der Waals surface area contributed by atoms with Gasteiger partial charge in [0.15, 0.2) is 5.82 Å². The van der Waals surface area contributed by atoms with Crippen molar-refractivity contribution in [3.8, 4) is 5.69 Å². The maximum absolute atomic E-state index is 5.63. The topological polar surface area (TPSA) is 56.7 Å². The molecule has 2 rings (SSSR count). The Hall–Kier alpha value is -1.84. The normalized spacial score (nSPS) is 10.4. The van der Waals surface area contributed by atoms with Gasteiger partial charge in [0.1, 0.15) is 5.69 Å². The maximum Gasteiger partial charge on any atom is 0.169 e. The van der Waals surface area contributed by atoms with Crippen LogP contribution in [-0.4, -0.2) is 15.0 Å². The van der Waals surface area contributed by atoms with Gasteiger partial charge in [-0.2, -0.15) is 5.10 Å². The molecule has 0 aliphatic rings. The number of nitrogen functional groups attached to an aromatic ring is 1. The van der Waals surface area contributed by atoms with E-state index in [0.717, 1.165) is 16.9 Å². The summed E-state index contributed by atoms with van der Waals surface area (Å²) in [7, 11) is 0. The fraction of sp³-hybridized carbons (Fsp3) is 0.200. The Morgan fingerprint density at radius 3 is 2.43 bits per heavy atom. The van der Waals surface area contributed by atoms with Crippen LogP contribution < -0.4 is 5.73 Å². The van der Waals surface area contributed by atoms with E-state index < -0.39 is 0 Å². The van der Waals surface area contributed by atoms with E-state index in [2.05, 4.69) is 10.2 Å². The first-order valence-corrected chi connectivity index (χ1v) is 4.44. The largest absolute Gasteiger partial charge is 0.381 e. The molecule has 0 spiro atoms. The number of nitrogens with zero attached hydrogens (tertiary/aromatic N) is 3. The molecule has 0 unspecified atom stereocenters. The van der Waals surface area contributed by atoms with Crippen molar-refractivity contribution >= 4 is 5.82 Å². The minimum Gasteiger partial charge on any atom is -0.381 e. The Balaban J connectivity index is 2.55. The van der Waals surface area contributed by atoms with Gasteiger partial charge in [0, 0.05) is 0 Å². The first-order chi connectivity index (χ1) is 6.68. The Labute approximate surface area is 82.4 Å². The first-order valence-electron chi connectivity index (χ1n) is 4.44. The third-order valence-corrected chi connectivity index (χ3v) is 2.15. The van der Waals surface area contributed by atoms with Crippen LogP contribution in [0.15, 0.2) is 24.3 Å². The second-order valence-electron chi connectivity index (χ2n) is 3.25. The number of nitrogens with two attached hydrogens (primary N) is 1. The van der Waals surface area contributed by atoms with Crippen LogP contribution in [0.1, 0.15) is 11.3 Å². The zero-order valence-corrected chi connectivity index (χ0v) is 8.23. The molecule has 1 aromatic heterocycles. The number of benzene rings is 1. The molecule has 0 saturated carbocycles. The third-order valence-electron chi connectivity index (χ3n) is 2.15. The number of anilines is 1. The highest BCUT2D eigenvalue weighted by atomic mass is 15.5. The molecule has 72 valence electrons. The Kier molecular flexibility index (Phi) is 1.96. The van der Waals surface area contributed by atoms with Gasteiger partial charge >= 0.3 is 0 Å². The smallest absolute Gasteiger partial charge is 0.169 e. The lowest BCUT2D eigenvalue weighted by Gasteiger charge is -2.02. The molecule has 0 fully saturated rings. The molecule has 0 saturated heterocycles. The average Bonchev–Trinajstić information content (AvgIpc) is 2.48. The molecular weight excluding hydrogens is 176 g/mol. The Morgan fingerprint density at radius 2 is 1.86 bits per heavy atom. The summed E-state index contributed by atoms with van der Waals surface area (Å²) in [5, 5.41) is 8.35. The first kappa shape index (κ1) is 8.74. The number of hydrogen-bond acceptors (Lipinski definition) is 3. The number of rotatable bonds is 1. The quantitative estimate of drug-likeness (QED) is 0.737. The van der Waals surface area contributed by atoms with Crippen LogP contribution in [0.2, 0.25) is 0 Å². The standard InChI is InChI=1S/C10H12N4/c1-7-5-3-4-6-9(7)14-12-8(2)10(11)13-14/h3-6H,1-2H3,(H2,11,13). The second-order valence-corrected chi connectivity index (χ2v) is 3.25. The van der Waals surface area contributed by atoms with Crippen LogP contribution in [0.3, 0.4) is 0 Å². The van der Waals surface area contributed by atoms with Gasteiger partial charge in [0.05, 0.1) is 5.69 Å². The van der Waals surface area contributed by atoms with E-state index in [1.807, 2.05) is 38.1 Å². The Morgan fingerprint density at radius 1 is 1.14 bits per heavy atom. The van der Waals surface area contributed by atoms with Crippen LogP contribution in [0.25, 0.3) is 5.69 Å². The van der Waals surface area contributed by atoms with Crippen molar-refractivity contribution in [2.24, 2.45) is 0 Å². The molecule has 0 aliphatic heterocycles. The van der Waals surface area contributed by atoms with Crippen molar-refractivity contribution in [3.05, 3.63) is 35.5 Å². The molecule has 4 nitrogen and oxygen atoms in total. The van der Waals surface area contributed by atoms with Gasteiger partial charge in [-0.05, 0) is 25.5 Å². The minimum atomic E-state index is 0.480. The fourth-order valence-corrected chi connectivity index (χ4v) is 1.29. The van der Waals surface area contributed by atoms with Crippen LogP contribution in [0.5, 0.6) is 0 Å². The molecule has 0 bridgehead atoms. The molecular formula is C10H12N4. The van der Waals surface area contributed by atoms with Crippen molar-refractivity contribution in [1.29, 1.82) is 0 Å². The summed E-state index contributed by atoms with van der Waals surface area (Å²) in [6.45, 7) is 3.86. The van der Waals surface area contributed by atoms with E-state index in [1.54, 1.807) is 4.80 Å². The van der Waals surface area contributed by atoms with Gasteiger partial charge in [-0.15, -0.1) is 9.90 Å². The molecule has 14 heavy (non-hydrogen) atoms. The summed E-state index contributed by atoms with van der Waals surface area (Å²) in [5.74, 6) is 0.480. The van der Waals surface area contributed by atoms with E-state index in [-0.39, 0.29) is 0 Å². The molecule has 1 heterocycles. The fourth-order valence-electron chi connectivity index (χ4n) is 1.29. The molecule has 0 atom stereocenters. The summed E-state index contributed by atoms with van der Waals surface area (Å²) < 4.78 is 0. The second kappa shape index (κ2) is 3.14. The monoisotopic (exact) mass is 188 g/mol. The van der Waals surface area contributed by atoms with E-state index in [9.17, 15) is 0 Å². The number of aromatic nitrogens is 3. The van der Waals surface area contributed by atoms with E-state index in [4.69, 9.17) is 5.73 Å². The Bertz CT molecular complexity index is 439. The molecule has 0 radical (unpaired) electrons. The SMILES string of the molecule is Cc1ccccc1-n1nc(C)c(N)n1. The summed E-state index contributed by atoms with van der Waals surface area (Å²) in [4.78, 5) is 1.57. The molecule has 0 amide bonds. The van der Waals surface area contributed by atoms with E-state index >= 15 is 0 Å². The summed E-state index contributed by atoms with van der Waals surface area (Å²) in [6, 6.07) is 7.92. The summed E-state index contributed by atoms with van der Waals surface area (Å²) >= 11 is 0. The molecule has 1 aromatic carbocycles. The highest BCUT2D eigenvalue weighted by Crippen LogP contribution is 2.13. The number of para-hydroxylation sites is 1. The lowest BCUT2D eigenvalue weighted by atomic mass is 10.2. The van der Waals surface area contributed by atoms with E-state index in [0.29, 0.717) is 5.82 Å². The van der Waals surface area contributed by atoms with Crippen molar-refractivity contribution in [1.82, 2.24) is 15.0 Å². The predicted molar refractivity (Wildman–Crippen MR) is 55.2 cm³/mol. The van der Waals surface area contributed by atoms with Crippen LogP contribution in [0.4, 0.5) is 5.82 Å². The van der Waals surface area contributed by atoms with E-state index in [1.165, 1.54) is 0 Å². The van der Waals surface area contributed by atoms with Crippen molar-refractivity contribution in [2.75, 3.05) is 5.73 Å². The molecule has 4 heteroatoms. The zero-order chi connectivity index (χ0) is 10.1. The third kappa shape index (κ3) is 1.35. The lowest BCUT2D eigenvalue weighted by molar-refractivity contribution is 0.743. The van der Waals surface area contributed by atoms with Crippen LogP contribution in [-0.2, 0) is 0 Å². The summed E-state index contributed by atoms with van der Waals surface area (Å²) in [5.41, 5.74) is 8.48. The maximum atomic E-state index is 5.63. The van der Waals surface area contributed by atoms with Crippen molar-refractivity contribution < 1.29 is 0 Å². The number of aryl methyl sites for hydroxylation is 2. The van der Waals surface area contributed by atoms with Gasteiger partial charge < -0.3 is 5.73 Å². The van der Waals surface area contributed by atoms with Gasteiger partial charge in [0.25, 0.3) is 0 Å². The minimum absolute atomic E-state index is 0.480. The highest BCUT2D eigenvalue weighted by molar-refractivity contribution is 5.40. The summed E-state index contributed by atoms with van der Waals surface area (Å²) in [6.07, 6.45) is 0. The molecule has 2 aromatic rings.